The summed E-state index contributed by atoms with van der Waals surface area (Å²) in [5, 5.41) is 6.33. The summed E-state index contributed by atoms with van der Waals surface area (Å²) in [7, 11) is -2.86. The average Bonchev–Trinajstić information content (AvgIpc) is 2.68. The lowest BCUT2D eigenvalue weighted by molar-refractivity contribution is 0.445. The number of benzene rings is 2. The first-order chi connectivity index (χ1) is 12.4. The Kier molecular flexibility index (Phi) is 6.28. The van der Waals surface area contributed by atoms with Gasteiger partial charge in [-0.3, -0.25) is 0 Å². The van der Waals surface area contributed by atoms with Crippen LogP contribution in [0.2, 0.25) is 5.04 Å². The Morgan fingerprint density at radius 2 is 1.58 bits per heavy atom. The maximum absolute atomic E-state index is 12.2. The molecule has 2 aromatic rings. The van der Waals surface area contributed by atoms with E-state index in [9.17, 15) is 4.80 Å². The third kappa shape index (κ3) is 4.09. The first kappa shape index (κ1) is 19.7. The van der Waals surface area contributed by atoms with Gasteiger partial charge >= 0.3 is 0 Å². The molecule has 1 aliphatic rings. The summed E-state index contributed by atoms with van der Waals surface area (Å²) >= 11 is 2.09. The van der Waals surface area contributed by atoms with Gasteiger partial charge in [0.2, 0.25) is 0 Å². The van der Waals surface area contributed by atoms with Crippen molar-refractivity contribution in [2.45, 2.75) is 49.9 Å². The van der Waals surface area contributed by atoms with Gasteiger partial charge in [0, 0.05) is 23.6 Å². The number of hydrogen-bond donors (Lipinski definition) is 2. The third-order valence-electron chi connectivity index (χ3n) is 5.73. The highest BCUT2D eigenvalue weighted by Gasteiger charge is 2.49. The summed E-state index contributed by atoms with van der Waals surface area (Å²) in [4.78, 5) is 12.2. The van der Waals surface area contributed by atoms with Crippen LogP contribution in [0.3, 0.4) is 0 Å². The average molecular weight is 386 g/mol. The summed E-state index contributed by atoms with van der Waals surface area (Å²) < 4.78 is 0. The van der Waals surface area contributed by atoms with Gasteiger partial charge in [-0.25, -0.2) is 0 Å². The summed E-state index contributed by atoms with van der Waals surface area (Å²) in [5.74, 6) is 1.18. The van der Waals surface area contributed by atoms with E-state index < -0.39 is 8.32 Å². The molecule has 0 bridgehead atoms. The maximum atomic E-state index is 12.2. The second-order valence-electron chi connectivity index (χ2n) is 8.13. The molecule has 1 saturated heterocycles. The van der Waals surface area contributed by atoms with E-state index in [1.165, 1.54) is 5.75 Å². The van der Waals surface area contributed by atoms with Crippen molar-refractivity contribution in [3.8, 4) is 0 Å². The van der Waals surface area contributed by atoms with Crippen LogP contribution in [0.25, 0.3) is 0 Å². The first-order valence-corrected chi connectivity index (χ1v) is 12.6. The van der Waals surface area contributed by atoms with Gasteiger partial charge in [-0.1, -0.05) is 74.5 Å². The van der Waals surface area contributed by atoms with Crippen LogP contribution in [-0.4, -0.2) is 36.7 Å². The van der Waals surface area contributed by atoms with E-state index in [1.54, 1.807) is 0 Å². The molecule has 0 aliphatic carbocycles. The van der Waals surface area contributed by atoms with Gasteiger partial charge in [-0.05, 0) is 35.2 Å². The van der Waals surface area contributed by atoms with E-state index in [0.29, 0.717) is 11.3 Å². The molecule has 0 saturated carbocycles. The van der Waals surface area contributed by atoms with Crippen molar-refractivity contribution in [2.75, 3.05) is 12.3 Å². The molecule has 0 amide bonds. The summed E-state index contributed by atoms with van der Waals surface area (Å²) in [6, 6.07) is 21.3. The minimum atomic E-state index is -2.86. The standard InChI is InChI=1S/C22H31NOSSi/c1-18-17-25-19(16-23-18)14-15-22(2,3)26(24,20-10-6-4-7-11-20)21-12-8-5-9-13-21/h4-13,18-19,23-24H,14-17H2,1-3H3/t18-,19+/m1/s1. The molecule has 0 radical (unpaired) electrons. The number of nitrogens with one attached hydrogen (secondary N) is 1. The van der Waals surface area contributed by atoms with Crippen molar-refractivity contribution in [3.63, 3.8) is 0 Å². The topological polar surface area (TPSA) is 32.3 Å². The molecule has 0 unspecified atom stereocenters. The predicted molar refractivity (Wildman–Crippen MR) is 117 cm³/mol. The van der Waals surface area contributed by atoms with Gasteiger partial charge in [-0.15, -0.1) is 0 Å². The second kappa shape index (κ2) is 8.30. The van der Waals surface area contributed by atoms with Crippen LogP contribution in [-0.2, 0) is 0 Å². The van der Waals surface area contributed by atoms with E-state index >= 15 is 0 Å². The molecule has 2 aromatic carbocycles. The summed E-state index contributed by atoms with van der Waals surface area (Å²) in [6.07, 6.45) is 2.18. The Morgan fingerprint density at radius 3 is 2.04 bits per heavy atom. The van der Waals surface area contributed by atoms with E-state index in [0.717, 1.165) is 29.8 Å². The Labute approximate surface area is 163 Å². The van der Waals surface area contributed by atoms with E-state index in [4.69, 9.17) is 0 Å². The van der Waals surface area contributed by atoms with Crippen molar-refractivity contribution in [2.24, 2.45) is 0 Å². The minimum absolute atomic E-state index is 0.140. The molecule has 0 spiro atoms. The second-order valence-corrected chi connectivity index (χ2v) is 13.4. The fourth-order valence-corrected chi connectivity index (χ4v) is 8.86. The molecule has 2 nitrogen and oxygen atoms in total. The molecule has 1 fully saturated rings. The van der Waals surface area contributed by atoms with E-state index in [-0.39, 0.29) is 5.04 Å². The molecular formula is C22H31NOSSi. The van der Waals surface area contributed by atoms with E-state index in [2.05, 4.69) is 86.4 Å². The van der Waals surface area contributed by atoms with Crippen LogP contribution in [0.1, 0.15) is 33.6 Å². The van der Waals surface area contributed by atoms with Crippen LogP contribution in [0, 0.1) is 0 Å². The SMILES string of the molecule is C[C@@H]1CS[C@@H](CCC(C)(C)[Si](O)(c2ccccc2)c2ccccc2)CN1. The highest BCUT2D eigenvalue weighted by molar-refractivity contribution is 8.00. The molecule has 4 heteroatoms. The highest BCUT2D eigenvalue weighted by Crippen LogP contribution is 2.41. The lowest BCUT2D eigenvalue weighted by Gasteiger charge is -2.42. The molecule has 140 valence electrons. The summed E-state index contributed by atoms with van der Waals surface area (Å²) in [6.45, 7) is 7.87. The zero-order valence-electron chi connectivity index (χ0n) is 16.1. The van der Waals surface area contributed by atoms with Gasteiger partial charge in [0.05, 0.1) is 0 Å². The molecule has 26 heavy (non-hydrogen) atoms. The van der Waals surface area contributed by atoms with Crippen molar-refractivity contribution >= 4 is 30.5 Å². The van der Waals surface area contributed by atoms with Crippen molar-refractivity contribution < 1.29 is 4.80 Å². The summed E-state index contributed by atoms with van der Waals surface area (Å²) in [5.41, 5.74) is 0. The van der Waals surface area contributed by atoms with Gasteiger partial charge in [-0.2, -0.15) is 11.8 Å². The van der Waals surface area contributed by atoms with Crippen molar-refractivity contribution in [1.29, 1.82) is 0 Å². The van der Waals surface area contributed by atoms with Crippen molar-refractivity contribution in [3.05, 3.63) is 60.7 Å². The molecular weight excluding hydrogens is 354 g/mol. The van der Waals surface area contributed by atoms with Crippen LogP contribution in [0.4, 0.5) is 0 Å². The highest BCUT2D eigenvalue weighted by atomic mass is 32.2. The van der Waals surface area contributed by atoms with Gasteiger partial charge < -0.3 is 10.1 Å². The molecule has 1 heterocycles. The lowest BCUT2D eigenvalue weighted by Crippen LogP contribution is -2.65. The number of thioether (sulfide) groups is 1. The van der Waals surface area contributed by atoms with Gasteiger partial charge in [0.25, 0.3) is 8.32 Å². The van der Waals surface area contributed by atoms with Crippen molar-refractivity contribution in [1.82, 2.24) is 5.32 Å². The molecule has 0 aromatic heterocycles. The third-order valence-corrected chi connectivity index (χ3v) is 11.8. The Balaban J connectivity index is 1.86. The fraction of sp³-hybridized carbons (Fsp3) is 0.455. The molecule has 2 N–H and O–H groups in total. The number of hydrogen-bond acceptors (Lipinski definition) is 3. The maximum Gasteiger partial charge on any atom is 0.258 e. The van der Waals surface area contributed by atoms with Gasteiger partial charge in [0.1, 0.15) is 0 Å². The quantitative estimate of drug-likeness (QED) is 0.748. The lowest BCUT2D eigenvalue weighted by atomic mass is 10.0. The predicted octanol–water partition coefficient (Wildman–Crippen LogP) is 3.39. The van der Waals surface area contributed by atoms with Crippen LogP contribution >= 0.6 is 11.8 Å². The van der Waals surface area contributed by atoms with E-state index in [1.807, 2.05) is 12.1 Å². The van der Waals surface area contributed by atoms with Crippen LogP contribution < -0.4 is 15.7 Å². The smallest absolute Gasteiger partial charge is 0.258 e. The zero-order valence-corrected chi connectivity index (χ0v) is 17.9. The fourth-order valence-electron chi connectivity index (χ4n) is 3.93. The normalized spacial score (nSPS) is 21.5. The van der Waals surface area contributed by atoms with Gasteiger partial charge in [0.15, 0.2) is 0 Å². The Morgan fingerprint density at radius 1 is 1.04 bits per heavy atom. The monoisotopic (exact) mass is 385 g/mol. The largest absolute Gasteiger partial charge is 0.424 e. The number of rotatable bonds is 6. The van der Waals surface area contributed by atoms with Crippen LogP contribution in [0.5, 0.6) is 0 Å². The molecule has 3 rings (SSSR count). The first-order valence-electron chi connectivity index (χ1n) is 9.62. The zero-order chi connectivity index (χ0) is 18.6. The molecule has 2 atom stereocenters. The van der Waals surface area contributed by atoms with Crippen LogP contribution in [0.15, 0.2) is 60.7 Å². The molecule has 1 aliphatic heterocycles. The Hall–Kier alpha value is -1.07. The minimum Gasteiger partial charge on any atom is -0.424 e. The Bertz CT molecular complexity index is 644.